The summed E-state index contributed by atoms with van der Waals surface area (Å²) in [5, 5.41) is 11.7. The Kier molecular flexibility index (Phi) is 10.3. The molecule has 224 valence electrons. The van der Waals surface area contributed by atoms with Crippen LogP contribution in [0.4, 0.5) is 11.6 Å². The molecule has 3 heterocycles. The molecule has 0 aliphatic carbocycles. The lowest BCUT2D eigenvalue weighted by atomic mass is 10.1. The van der Waals surface area contributed by atoms with Crippen LogP contribution in [0.3, 0.4) is 0 Å². The quantitative estimate of drug-likeness (QED) is 0.0704. The predicted octanol–water partition coefficient (Wildman–Crippen LogP) is 5.84. The number of nitrogens with one attached hydrogen (secondary N) is 2. The molecule has 0 radical (unpaired) electrons. The molecule has 0 unspecified atom stereocenters. The number of carbonyl (C=O) groups is 1. The number of benzene rings is 2. The van der Waals surface area contributed by atoms with Crippen LogP contribution in [0.1, 0.15) is 24.8 Å². The van der Waals surface area contributed by atoms with Crippen LogP contribution in [-0.2, 0) is 9.35 Å². The van der Waals surface area contributed by atoms with E-state index in [-0.39, 0.29) is 5.91 Å². The molecular formula is C32H38IN7O2Si. The predicted molar refractivity (Wildman–Crippen MR) is 184 cm³/mol. The lowest BCUT2D eigenvalue weighted by Crippen LogP contribution is -2.40. The van der Waals surface area contributed by atoms with Gasteiger partial charge in [-0.2, -0.15) is 5.10 Å². The number of nitrogens with zero attached hydrogens (tertiary/aromatic N) is 5. The highest BCUT2D eigenvalue weighted by Crippen LogP contribution is 2.30. The number of fused-ring (bicyclic) bond motifs is 1. The maximum atomic E-state index is 12.4. The molecule has 1 saturated heterocycles. The standard InChI is InChI=1S/C32H38IN7O2Si/c1-43(2,3)14-9-24-7-8-30-26(15-24)19-35-32(38-30)37-28-16-25(27-20-36-40(21-27)23-33)17-29(18-28)42-13-10-34-31(41)22-39-11-5-4-6-12-39/h7-8,15-21H,4-6,10-13,22-23H2,1-3H3,(H,34,41)(H,35,37,38). The number of piperidine rings is 1. The summed E-state index contributed by atoms with van der Waals surface area (Å²) in [6, 6.07) is 12.0. The average molecular weight is 708 g/mol. The Morgan fingerprint density at radius 1 is 1.07 bits per heavy atom. The molecule has 5 rings (SSSR count). The zero-order chi connectivity index (χ0) is 30.2. The molecule has 2 N–H and O–H groups in total. The molecule has 2 aromatic heterocycles. The third-order valence-corrected chi connectivity index (χ3v) is 8.50. The molecule has 2 aromatic carbocycles. The second-order valence-electron chi connectivity index (χ2n) is 11.8. The number of likely N-dealkylation sites (tertiary alicyclic amines) is 1. The van der Waals surface area contributed by atoms with Crippen LogP contribution in [0.15, 0.2) is 55.0 Å². The molecule has 11 heteroatoms. The van der Waals surface area contributed by atoms with Gasteiger partial charge in [0, 0.05) is 40.7 Å². The normalized spacial score (nSPS) is 13.8. The van der Waals surface area contributed by atoms with Crippen LogP contribution in [0.2, 0.25) is 19.6 Å². The summed E-state index contributed by atoms with van der Waals surface area (Å²) in [6.45, 7) is 9.94. The van der Waals surface area contributed by atoms with Crippen LogP contribution < -0.4 is 15.4 Å². The minimum absolute atomic E-state index is 0.0384. The van der Waals surface area contributed by atoms with Crippen molar-refractivity contribution in [1.29, 1.82) is 0 Å². The smallest absolute Gasteiger partial charge is 0.234 e. The van der Waals surface area contributed by atoms with E-state index >= 15 is 0 Å². The van der Waals surface area contributed by atoms with Gasteiger partial charge in [-0.1, -0.05) is 54.6 Å². The topological polar surface area (TPSA) is 97.2 Å². The molecular weight excluding hydrogens is 669 g/mol. The summed E-state index contributed by atoms with van der Waals surface area (Å²) in [5.74, 6) is 4.51. The van der Waals surface area contributed by atoms with E-state index in [2.05, 4.69) is 79.3 Å². The van der Waals surface area contributed by atoms with Crippen LogP contribution >= 0.6 is 22.6 Å². The number of anilines is 2. The summed E-state index contributed by atoms with van der Waals surface area (Å²) >= 11 is 2.28. The van der Waals surface area contributed by atoms with E-state index < -0.39 is 8.07 Å². The van der Waals surface area contributed by atoms with Crippen LogP contribution in [-0.4, -0.2) is 71.4 Å². The van der Waals surface area contributed by atoms with Crippen molar-refractivity contribution in [3.05, 3.63) is 60.6 Å². The van der Waals surface area contributed by atoms with Gasteiger partial charge in [0.2, 0.25) is 11.9 Å². The number of alkyl halides is 1. The fourth-order valence-corrected chi connectivity index (χ4v) is 5.69. The highest BCUT2D eigenvalue weighted by Gasteiger charge is 2.14. The summed E-state index contributed by atoms with van der Waals surface area (Å²) in [6.07, 6.45) is 9.26. The van der Waals surface area contributed by atoms with Gasteiger partial charge in [0.05, 0.1) is 29.4 Å². The third kappa shape index (κ3) is 9.25. The summed E-state index contributed by atoms with van der Waals surface area (Å²) in [7, 11) is -1.46. The van der Waals surface area contributed by atoms with Crippen molar-refractivity contribution >= 4 is 59.1 Å². The van der Waals surface area contributed by atoms with Crippen molar-refractivity contribution in [2.24, 2.45) is 0 Å². The third-order valence-electron chi connectivity index (χ3n) is 6.92. The lowest BCUT2D eigenvalue weighted by molar-refractivity contribution is -0.122. The Morgan fingerprint density at radius 2 is 1.91 bits per heavy atom. The number of hydrogen-bond acceptors (Lipinski definition) is 7. The van der Waals surface area contributed by atoms with Crippen LogP contribution in [0, 0.1) is 11.5 Å². The van der Waals surface area contributed by atoms with Gasteiger partial charge in [0.1, 0.15) is 20.4 Å². The average Bonchev–Trinajstić information content (AvgIpc) is 3.48. The molecule has 4 aromatic rings. The lowest BCUT2D eigenvalue weighted by Gasteiger charge is -2.25. The Labute approximate surface area is 268 Å². The first kappa shape index (κ1) is 31.0. The van der Waals surface area contributed by atoms with E-state index in [0.29, 0.717) is 31.4 Å². The first-order valence-electron chi connectivity index (χ1n) is 14.7. The number of rotatable bonds is 10. The number of halogens is 1. The SMILES string of the molecule is C[Si](C)(C)C#Cc1ccc2nc(Nc3cc(OCCNC(=O)CN4CCCCC4)cc(-c4cnn(CI)c4)c3)ncc2c1. The van der Waals surface area contributed by atoms with Gasteiger partial charge in [-0.25, -0.2) is 9.97 Å². The van der Waals surface area contributed by atoms with E-state index in [9.17, 15) is 4.79 Å². The van der Waals surface area contributed by atoms with Crippen LogP contribution in [0.5, 0.6) is 5.75 Å². The largest absolute Gasteiger partial charge is 0.492 e. The van der Waals surface area contributed by atoms with E-state index in [1.54, 1.807) is 0 Å². The molecule has 1 aliphatic rings. The van der Waals surface area contributed by atoms with Crippen molar-refractivity contribution in [3.63, 3.8) is 0 Å². The van der Waals surface area contributed by atoms with E-state index in [1.165, 1.54) is 19.3 Å². The highest BCUT2D eigenvalue weighted by molar-refractivity contribution is 14.1. The highest BCUT2D eigenvalue weighted by atomic mass is 127. The molecule has 1 aliphatic heterocycles. The van der Waals surface area contributed by atoms with Crippen molar-refractivity contribution in [2.75, 3.05) is 38.1 Å². The van der Waals surface area contributed by atoms with E-state index in [1.807, 2.05) is 59.7 Å². The monoisotopic (exact) mass is 707 g/mol. The van der Waals surface area contributed by atoms with Gasteiger partial charge in [-0.05, 0) is 61.8 Å². The van der Waals surface area contributed by atoms with Crippen molar-refractivity contribution < 1.29 is 9.53 Å². The van der Waals surface area contributed by atoms with Gasteiger partial charge in [-0.3, -0.25) is 14.4 Å². The minimum atomic E-state index is -1.46. The first-order valence-corrected chi connectivity index (χ1v) is 19.7. The molecule has 43 heavy (non-hydrogen) atoms. The zero-order valence-electron chi connectivity index (χ0n) is 25.0. The zero-order valence-corrected chi connectivity index (χ0v) is 28.1. The van der Waals surface area contributed by atoms with Gasteiger partial charge < -0.3 is 15.4 Å². The first-order chi connectivity index (χ1) is 20.7. The Morgan fingerprint density at radius 3 is 2.67 bits per heavy atom. The number of hydrogen-bond donors (Lipinski definition) is 2. The summed E-state index contributed by atoms with van der Waals surface area (Å²) in [5.41, 5.74) is 7.95. The molecule has 1 amide bonds. The summed E-state index contributed by atoms with van der Waals surface area (Å²) < 4.78 is 8.74. The number of aromatic nitrogens is 4. The van der Waals surface area contributed by atoms with Gasteiger partial charge in [0.15, 0.2) is 0 Å². The van der Waals surface area contributed by atoms with Crippen molar-refractivity contribution in [3.8, 4) is 28.3 Å². The maximum absolute atomic E-state index is 12.4. The van der Waals surface area contributed by atoms with Gasteiger partial charge in [0.25, 0.3) is 0 Å². The fraction of sp³-hybridized carbons (Fsp3) is 0.375. The Hall–Kier alpha value is -3.47. The molecule has 1 fully saturated rings. The van der Waals surface area contributed by atoms with E-state index in [0.717, 1.165) is 50.9 Å². The maximum Gasteiger partial charge on any atom is 0.234 e. The molecule has 0 spiro atoms. The second kappa shape index (κ2) is 14.3. The second-order valence-corrected chi connectivity index (χ2v) is 17.2. The Balaban J connectivity index is 1.29. The van der Waals surface area contributed by atoms with Gasteiger partial charge >= 0.3 is 0 Å². The van der Waals surface area contributed by atoms with Crippen molar-refractivity contribution in [1.82, 2.24) is 30.0 Å². The molecule has 0 saturated carbocycles. The van der Waals surface area contributed by atoms with Gasteiger partial charge in [-0.15, -0.1) is 5.54 Å². The molecule has 9 nitrogen and oxygen atoms in total. The van der Waals surface area contributed by atoms with Crippen LogP contribution in [0.25, 0.3) is 22.0 Å². The molecule has 0 atom stereocenters. The summed E-state index contributed by atoms with van der Waals surface area (Å²) in [4.78, 5) is 23.9. The number of ether oxygens (including phenoxy) is 1. The Bertz CT molecular complexity index is 1630. The number of carbonyl (C=O) groups excluding carboxylic acids is 1. The van der Waals surface area contributed by atoms with E-state index in [4.69, 9.17) is 9.72 Å². The molecule has 0 bridgehead atoms. The fourth-order valence-electron chi connectivity index (χ4n) is 4.80. The minimum Gasteiger partial charge on any atom is -0.492 e. The van der Waals surface area contributed by atoms with Crippen molar-refractivity contribution in [2.45, 2.75) is 43.5 Å². The number of amides is 1.